The third-order valence-corrected chi connectivity index (χ3v) is 5.89. The van der Waals surface area contributed by atoms with Gasteiger partial charge in [0, 0.05) is 12.6 Å². The van der Waals surface area contributed by atoms with Crippen molar-refractivity contribution < 1.29 is 32.7 Å². The quantitative estimate of drug-likeness (QED) is 0.161. The first-order chi connectivity index (χ1) is 16.6. The zero-order valence-corrected chi connectivity index (χ0v) is 20.3. The van der Waals surface area contributed by atoms with E-state index in [0.29, 0.717) is 18.5 Å². The maximum absolute atomic E-state index is 10.5. The van der Waals surface area contributed by atoms with Crippen molar-refractivity contribution in [2.45, 2.75) is 30.4 Å². The number of phenols is 1. The highest BCUT2D eigenvalue weighted by atomic mass is 32.2. The molecule has 0 aliphatic heterocycles. The molecule has 9 nitrogen and oxygen atoms in total. The Hall–Kier alpha value is -3.44. The molecule has 10 heteroatoms. The fourth-order valence-corrected chi connectivity index (χ4v) is 3.65. The summed E-state index contributed by atoms with van der Waals surface area (Å²) in [5, 5.41) is 25.6. The van der Waals surface area contributed by atoms with E-state index in [0.717, 1.165) is 12.2 Å². The number of aromatic hydroxyl groups is 1. The van der Waals surface area contributed by atoms with Crippen LogP contribution in [0.25, 0.3) is 0 Å². The molecule has 3 aromatic rings. The average Bonchev–Trinajstić information content (AvgIpc) is 2.85. The molecule has 0 saturated heterocycles. The van der Waals surface area contributed by atoms with Gasteiger partial charge in [-0.3, -0.25) is 9.35 Å². The summed E-state index contributed by atoms with van der Waals surface area (Å²) in [5.74, 6) is 0.788. The van der Waals surface area contributed by atoms with Gasteiger partial charge in [0.25, 0.3) is 10.1 Å². The molecule has 3 aromatic carbocycles. The molecule has 0 fully saturated rings. The van der Waals surface area contributed by atoms with E-state index in [1.54, 1.807) is 37.4 Å². The van der Waals surface area contributed by atoms with Crippen LogP contribution < -0.4 is 15.4 Å². The summed E-state index contributed by atoms with van der Waals surface area (Å²) >= 11 is 0. The number of hydrogen-bond donors (Lipinski definition) is 5. The van der Waals surface area contributed by atoms with Gasteiger partial charge in [-0.05, 0) is 60.9 Å². The second-order valence-corrected chi connectivity index (χ2v) is 9.13. The number of ether oxygens (including phenoxy) is 1. The highest BCUT2D eigenvalue weighted by Crippen LogP contribution is 2.26. The Kier molecular flexibility index (Phi) is 10.7. The lowest BCUT2D eigenvalue weighted by atomic mass is 10.1. The molecule has 2 atom stereocenters. The lowest BCUT2D eigenvalue weighted by Gasteiger charge is -2.18. The second kappa shape index (κ2) is 13.4. The van der Waals surface area contributed by atoms with E-state index >= 15 is 0 Å². The molecular formula is C25H30N2O7S. The van der Waals surface area contributed by atoms with Crippen LogP contribution in [-0.4, -0.2) is 49.3 Å². The van der Waals surface area contributed by atoms with E-state index in [2.05, 4.69) is 10.6 Å². The van der Waals surface area contributed by atoms with E-state index in [4.69, 9.17) is 9.29 Å². The van der Waals surface area contributed by atoms with Crippen molar-refractivity contribution in [1.82, 2.24) is 5.32 Å². The van der Waals surface area contributed by atoms with Crippen molar-refractivity contribution in [3.05, 3.63) is 83.9 Å². The Morgan fingerprint density at radius 1 is 1.03 bits per heavy atom. The molecule has 1 amide bonds. The minimum atomic E-state index is -4.00. The number of rotatable bonds is 10. The molecule has 2 unspecified atom stereocenters. The van der Waals surface area contributed by atoms with Crippen LogP contribution in [0.4, 0.5) is 5.69 Å². The van der Waals surface area contributed by atoms with E-state index in [9.17, 15) is 23.4 Å². The molecule has 3 rings (SSSR count). The highest BCUT2D eigenvalue weighted by Gasteiger charge is 2.12. The number of nitrogens with one attached hydrogen (secondary N) is 2. The van der Waals surface area contributed by atoms with Crippen molar-refractivity contribution >= 4 is 22.2 Å². The SMILES string of the molecule is COc1ccc(CC(C)NCC(O)c2ccc(O)c(NC=O)c2)cc1.O=S(=O)(O)c1ccccc1. The normalized spacial score (nSPS) is 12.6. The van der Waals surface area contributed by atoms with Gasteiger partial charge in [-0.1, -0.05) is 36.4 Å². The van der Waals surface area contributed by atoms with Crippen LogP contribution in [0.15, 0.2) is 77.7 Å². The fraction of sp³-hybridized carbons (Fsp3) is 0.240. The molecule has 0 saturated carbocycles. The van der Waals surface area contributed by atoms with Crippen molar-refractivity contribution in [3.8, 4) is 11.5 Å². The number of carbonyl (C=O) groups excluding carboxylic acids is 1. The standard InChI is InChI=1S/C19H24N2O4.C6H6O3S/c1-13(9-14-3-6-16(25-2)7-4-14)20-11-19(24)15-5-8-18(23)17(10-15)21-12-22;7-10(8,9)6-4-2-1-3-5-6/h3-8,10,12-13,19-20,23-24H,9,11H2,1-2H3,(H,21,22);1-5H,(H,7,8,9). The van der Waals surface area contributed by atoms with Crippen molar-refractivity contribution in [3.63, 3.8) is 0 Å². The Morgan fingerprint density at radius 3 is 2.23 bits per heavy atom. The molecule has 0 aromatic heterocycles. The van der Waals surface area contributed by atoms with E-state index < -0.39 is 16.2 Å². The number of carbonyl (C=O) groups is 1. The minimum Gasteiger partial charge on any atom is -0.506 e. The fourth-order valence-electron chi connectivity index (χ4n) is 3.15. The van der Waals surface area contributed by atoms with Crippen LogP contribution in [0.1, 0.15) is 24.2 Å². The summed E-state index contributed by atoms with van der Waals surface area (Å²) in [6.45, 7) is 2.41. The average molecular weight is 503 g/mol. The summed E-state index contributed by atoms with van der Waals surface area (Å²) in [5.41, 5.74) is 2.07. The van der Waals surface area contributed by atoms with E-state index in [-0.39, 0.29) is 22.4 Å². The molecule has 0 heterocycles. The van der Waals surface area contributed by atoms with Gasteiger partial charge >= 0.3 is 0 Å². The van der Waals surface area contributed by atoms with Crippen LogP contribution in [-0.2, 0) is 21.3 Å². The zero-order valence-electron chi connectivity index (χ0n) is 19.5. The monoisotopic (exact) mass is 502 g/mol. The summed E-state index contributed by atoms with van der Waals surface area (Å²) < 4.78 is 34.4. The van der Waals surface area contributed by atoms with Gasteiger partial charge in [0.2, 0.25) is 6.41 Å². The Balaban J connectivity index is 0.000000360. The van der Waals surface area contributed by atoms with Crippen molar-refractivity contribution in [2.75, 3.05) is 19.0 Å². The first-order valence-corrected chi connectivity index (χ1v) is 12.2. The molecule has 0 spiro atoms. The highest BCUT2D eigenvalue weighted by molar-refractivity contribution is 7.85. The maximum atomic E-state index is 10.5. The van der Waals surface area contributed by atoms with Crippen molar-refractivity contribution in [2.24, 2.45) is 0 Å². The van der Waals surface area contributed by atoms with Crippen LogP contribution >= 0.6 is 0 Å². The molecule has 0 radical (unpaired) electrons. The number of anilines is 1. The second-order valence-electron chi connectivity index (χ2n) is 7.70. The topological polar surface area (TPSA) is 145 Å². The molecule has 0 bridgehead atoms. The van der Waals surface area contributed by atoms with Crippen LogP contribution in [0.2, 0.25) is 0 Å². The van der Waals surface area contributed by atoms with E-state index in [1.807, 2.05) is 31.2 Å². The van der Waals surface area contributed by atoms with Crippen LogP contribution in [0.3, 0.4) is 0 Å². The number of methoxy groups -OCH3 is 1. The van der Waals surface area contributed by atoms with Gasteiger partial charge in [0.1, 0.15) is 11.5 Å². The summed E-state index contributed by atoms with van der Waals surface area (Å²) in [7, 11) is -2.36. The summed E-state index contributed by atoms with van der Waals surface area (Å²) in [6, 6.07) is 20.1. The van der Waals surface area contributed by atoms with Gasteiger partial charge in [0.05, 0.1) is 23.8 Å². The first-order valence-electron chi connectivity index (χ1n) is 10.7. The Bertz CT molecular complexity index is 1170. The summed E-state index contributed by atoms with van der Waals surface area (Å²) in [6.07, 6.45) is 0.566. The molecule has 188 valence electrons. The van der Waals surface area contributed by atoms with Gasteiger partial charge < -0.3 is 25.6 Å². The number of benzene rings is 3. The largest absolute Gasteiger partial charge is 0.506 e. The molecule has 0 aliphatic rings. The van der Waals surface area contributed by atoms with Crippen LogP contribution in [0, 0.1) is 0 Å². The summed E-state index contributed by atoms with van der Waals surface area (Å²) in [4.78, 5) is 10.5. The third kappa shape index (κ3) is 9.38. The molecule has 0 aliphatic carbocycles. The number of hydrogen-bond acceptors (Lipinski definition) is 7. The van der Waals surface area contributed by atoms with Gasteiger partial charge in [-0.15, -0.1) is 0 Å². The number of aliphatic hydroxyl groups is 1. The van der Waals surface area contributed by atoms with Crippen molar-refractivity contribution in [1.29, 1.82) is 0 Å². The predicted molar refractivity (Wildman–Crippen MR) is 133 cm³/mol. The smallest absolute Gasteiger partial charge is 0.294 e. The van der Waals surface area contributed by atoms with Gasteiger partial charge in [0.15, 0.2) is 0 Å². The van der Waals surface area contributed by atoms with Crippen LogP contribution in [0.5, 0.6) is 11.5 Å². The lowest BCUT2D eigenvalue weighted by molar-refractivity contribution is -0.105. The predicted octanol–water partition coefficient (Wildman–Crippen LogP) is 3.16. The number of amides is 1. The zero-order chi connectivity index (χ0) is 25.8. The molecule has 5 N–H and O–H groups in total. The molecule has 35 heavy (non-hydrogen) atoms. The molecular weight excluding hydrogens is 472 g/mol. The lowest BCUT2D eigenvalue weighted by Crippen LogP contribution is -2.32. The van der Waals surface area contributed by atoms with Gasteiger partial charge in [-0.2, -0.15) is 8.42 Å². The number of aliphatic hydroxyl groups excluding tert-OH is 1. The minimum absolute atomic E-state index is 0.0381. The van der Waals surface area contributed by atoms with Gasteiger partial charge in [-0.25, -0.2) is 0 Å². The van der Waals surface area contributed by atoms with E-state index in [1.165, 1.54) is 23.8 Å². The Labute approximate surface area is 205 Å². The first kappa shape index (κ1) is 27.8. The Morgan fingerprint density at radius 2 is 1.69 bits per heavy atom. The number of phenolic OH excluding ortho intramolecular Hbond substituents is 1. The third-order valence-electron chi connectivity index (χ3n) is 5.02. The maximum Gasteiger partial charge on any atom is 0.294 e.